The maximum atomic E-state index is 5.85. The monoisotopic (exact) mass is 342 g/mol. The van der Waals surface area contributed by atoms with Crippen LogP contribution in [-0.4, -0.2) is 55.0 Å². The number of aromatic nitrogens is 2. The predicted octanol–water partition coefficient (Wildman–Crippen LogP) is 2.38. The third kappa shape index (κ3) is 3.55. The number of rotatable bonds is 5. The topological polar surface area (TPSA) is 59.5 Å². The molecule has 0 spiro atoms. The van der Waals surface area contributed by atoms with Crippen LogP contribution in [0.1, 0.15) is 26.2 Å². The number of hydrogen-bond acceptors (Lipinski definition) is 6. The van der Waals surface area contributed by atoms with Crippen molar-refractivity contribution in [1.29, 1.82) is 0 Å². The maximum Gasteiger partial charge on any atom is 0.229 e. The van der Waals surface area contributed by atoms with Crippen LogP contribution in [0, 0.1) is 0 Å². The van der Waals surface area contributed by atoms with E-state index in [2.05, 4.69) is 10.2 Å². The van der Waals surface area contributed by atoms with Crippen molar-refractivity contribution in [2.45, 2.75) is 38.3 Å². The molecule has 2 aliphatic rings. The standard InChI is InChI=1S/C19H26N4O2/c1-2-24-18-16-7-3-4-8-17(16)21-19(22-18)23-10-9-20-13-14(23)12-15-6-5-11-25-15/h3-4,7-8,14-15,20H,2,5-6,9-13H2,1H3. The SMILES string of the molecule is CCOc1nc(N2CCNCC2CC2CCCO2)nc2ccccc12. The Balaban J connectivity index is 1.65. The lowest BCUT2D eigenvalue weighted by Gasteiger charge is -2.37. The van der Waals surface area contributed by atoms with E-state index in [1.807, 2.05) is 31.2 Å². The zero-order valence-electron chi connectivity index (χ0n) is 14.8. The number of anilines is 1. The molecule has 6 nitrogen and oxygen atoms in total. The van der Waals surface area contributed by atoms with Crippen LogP contribution in [0.2, 0.25) is 0 Å². The molecule has 2 aliphatic heterocycles. The van der Waals surface area contributed by atoms with Crippen LogP contribution < -0.4 is 15.0 Å². The first-order valence-corrected chi connectivity index (χ1v) is 9.33. The van der Waals surface area contributed by atoms with Crippen molar-refractivity contribution in [2.24, 2.45) is 0 Å². The van der Waals surface area contributed by atoms with Crippen molar-refractivity contribution in [1.82, 2.24) is 15.3 Å². The molecule has 1 aromatic heterocycles. The molecule has 3 heterocycles. The zero-order valence-corrected chi connectivity index (χ0v) is 14.8. The Morgan fingerprint density at radius 1 is 1.32 bits per heavy atom. The minimum absolute atomic E-state index is 0.354. The molecular formula is C19H26N4O2. The highest BCUT2D eigenvalue weighted by atomic mass is 16.5. The summed E-state index contributed by atoms with van der Waals surface area (Å²) in [6.45, 7) is 6.28. The van der Waals surface area contributed by atoms with Gasteiger partial charge >= 0.3 is 0 Å². The van der Waals surface area contributed by atoms with E-state index in [1.54, 1.807) is 0 Å². The van der Waals surface area contributed by atoms with E-state index in [9.17, 15) is 0 Å². The molecule has 6 heteroatoms. The van der Waals surface area contributed by atoms with Crippen molar-refractivity contribution in [3.05, 3.63) is 24.3 Å². The van der Waals surface area contributed by atoms with Gasteiger partial charge in [-0.25, -0.2) is 4.98 Å². The number of benzene rings is 1. The highest BCUT2D eigenvalue weighted by Gasteiger charge is 2.29. The summed E-state index contributed by atoms with van der Waals surface area (Å²) in [5.74, 6) is 1.45. The molecule has 0 saturated carbocycles. The Labute approximate surface area is 148 Å². The molecule has 2 aromatic rings. The summed E-state index contributed by atoms with van der Waals surface area (Å²) in [4.78, 5) is 11.9. The summed E-state index contributed by atoms with van der Waals surface area (Å²) in [7, 11) is 0. The molecule has 0 aliphatic carbocycles. The third-order valence-electron chi connectivity index (χ3n) is 5.00. The van der Waals surface area contributed by atoms with E-state index in [1.165, 1.54) is 6.42 Å². The maximum absolute atomic E-state index is 5.85. The number of nitrogens with one attached hydrogen (secondary N) is 1. The number of fused-ring (bicyclic) bond motifs is 1. The summed E-state index contributed by atoms with van der Waals surface area (Å²) in [6.07, 6.45) is 3.71. The van der Waals surface area contributed by atoms with Gasteiger partial charge in [-0.3, -0.25) is 0 Å². The zero-order chi connectivity index (χ0) is 17.1. The molecular weight excluding hydrogens is 316 g/mol. The molecule has 4 rings (SSSR count). The molecule has 0 bridgehead atoms. The second-order valence-corrected chi connectivity index (χ2v) is 6.70. The molecule has 0 radical (unpaired) electrons. The first kappa shape index (κ1) is 16.5. The predicted molar refractivity (Wildman–Crippen MR) is 98.3 cm³/mol. The summed E-state index contributed by atoms with van der Waals surface area (Å²) in [6, 6.07) is 8.41. The molecule has 2 atom stereocenters. The lowest BCUT2D eigenvalue weighted by atomic mass is 10.0. The number of hydrogen-bond donors (Lipinski definition) is 1. The van der Waals surface area contributed by atoms with Gasteiger partial charge in [0, 0.05) is 32.3 Å². The second-order valence-electron chi connectivity index (χ2n) is 6.70. The summed E-state index contributed by atoms with van der Waals surface area (Å²) >= 11 is 0. The van der Waals surface area contributed by atoms with Crippen LogP contribution >= 0.6 is 0 Å². The van der Waals surface area contributed by atoms with Crippen molar-refractivity contribution in [3.63, 3.8) is 0 Å². The normalized spacial score (nSPS) is 24.0. The first-order chi connectivity index (χ1) is 12.3. The van der Waals surface area contributed by atoms with Gasteiger partial charge in [-0.15, -0.1) is 0 Å². The fraction of sp³-hybridized carbons (Fsp3) is 0.579. The van der Waals surface area contributed by atoms with E-state index in [0.29, 0.717) is 24.6 Å². The lowest BCUT2D eigenvalue weighted by molar-refractivity contribution is 0.0960. The van der Waals surface area contributed by atoms with E-state index in [4.69, 9.17) is 19.4 Å². The highest BCUT2D eigenvalue weighted by molar-refractivity contribution is 5.84. The van der Waals surface area contributed by atoms with Gasteiger partial charge in [0.25, 0.3) is 0 Å². The number of ether oxygens (including phenoxy) is 2. The molecule has 134 valence electrons. The first-order valence-electron chi connectivity index (χ1n) is 9.33. The molecule has 2 fully saturated rings. The van der Waals surface area contributed by atoms with E-state index in [0.717, 1.165) is 55.9 Å². The molecule has 0 amide bonds. The molecule has 2 saturated heterocycles. The van der Waals surface area contributed by atoms with E-state index >= 15 is 0 Å². The summed E-state index contributed by atoms with van der Waals surface area (Å²) < 4.78 is 11.7. The summed E-state index contributed by atoms with van der Waals surface area (Å²) in [5.41, 5.74) is 0.936. The fourth-order valence-corrected chi connectivity index (χ4v) is 3.78. The van der Waals surface area contributed by atoms with Gasteiger partial charge in [0.05, 0.1) is 23.6 Å². The van der Waals surface area contributed by atoms with Crippen molar-refractivity contribution >= 4 is 16.9 Å². The Hall–Kier alpha value is -1.92. The number of piperazine rings is 1. The van der Waals surface area contributed by atoms with Crippen LogP contribution in [0.5, 0.6) is 5.88 Å². The average Bonchev–Trinajstić information content (AvgIpc) is 3.15. The average molecular weight is 342 g/mol. The molecule has 25 heavy (non-hydrogen) atoms. The van der Waals surface area contributed by atoms with Gasteiger partial charge in [0.15, 0.2) is 0 Å². The van der Waals surface area contributed by atoms with Gasteiger partial charge < -0.3 is 19.7 Å². The van der Waals surface area contributed by atoms with Gasteiger partial charge in [0.1, 0.15) is 0 Å². The van der Waals surface area contributed by atoms with Crippen LogP contribution in [0.3, 0.4) is 0 Å². The van der Waals surface area contributed by atoms with Gasteiger partial charge in [0.2, 0.25) is 11.8 Å². The quantitative estimate of drug-likeness (QED) is 0.900. The number of para-hydroxylation sites is 1. The Bertz CT molecular complexity index is 718. The van der Waals surface area contributed by atoms with Crippen LogP contribution in [0.25, 0.3) is 10.9 Å². The van der Waals surface area contributed by atoms with Crippen LogP contribution in [0.4, 0.5) is 5.95 Å². The minimum Gasteiger partial charge on any atom is -0.477 e. The number of nitrogens with zero attached hydrogens (tertiary/aromatic N) is 3. The van der Waals surface area contributed by atoms with Gasteiger partial charge in [-0.05, 0) is 38.3 Å². The molecule has 2 unspecified atom stereocenters. The fourth-order valence-electron chi connectivity index (χ4n) is 3.78. The Kier molecular flexibility index (Phi) is 4.99. The second kappa shape index (κ2) is 7.54. The van der Waals surface area contributed by atoms with Gasteiger partial charge in [-0.2, -0.15) is 4.98 Å². The molecule has 1 N–H and O–H groups in total. The van der Waals surface area contributed by atoms with Crippen molar-refractivity contribution in [2.75, 3.05) is 37.7 Å². The molecule has 1 aromatic carbocycles. The smallest absolute Gasteiger partial charge is 0.229 e. The largest absolute Gasteiger partial charge is 0.477 e. The van der Waals surface area contributed by atoms with Crippen LogP contribution in [-0.2, 0) is 4.74 Å². The van der Waals surface area contributed by atoms with Crippen LogP contribution in [0.15, 0.2) is 24.3 Å². The Morgan fingerprint density at radius 3 is 3.08 bits per heavy atom. The lowest BCUT2D eigenvalue weighted by Crippen LogP contribution is -2.53. The Morgan fingerprint density at radius 2 is 2.24 bits per heavy atom. The van der Waals surface area contributed by atoms with Crippen molar-refractivity contribution in [3.8, 4) is 5.88 Å². The highest BCUT2D eigenvalue weighted by Crippen LogP contribution is 2.28. The summed E-state index contributed by atoms with van der Waals surface area (Å²) in [5, 5.41) is 4.47. The van der Waals surface area contributed by atoms with E-state index in [-0.39, 0.29) is 0 Å². The minimum atomic E-state index is 0.354. The van der Waals surface area contributed by atoms with E-state index < -0.39 is 0 Å². The van der Waals surface area contributed by atoms with Gasteiger partial charge in [-0.1, -0.05) is 12.1 Å². The third-order valence-corrected chi connectivity index (χ3v) is 5.00. The van der Waals surface area contributed by atoms with Crippen molar-refractivity contribution < 1.29 is 9.47 Å².